The third kappa shape index (κ3) is 5.09. The Balaban J connectivity index is 1.91. The molecular formula is C23H16Cl3NO. The van der Waals surface area contributed by atoms with Crippen LogP contribution in [0.15, 0.2) is 60.7 Å². The summed E-state index contributed by atoms with van der Waals surface area (Å²) < 4.78 is 5.96. The largest absolute Gasteiger partial charge is 0.488 e. The van der Waals surface area contributed by atoms with Crippen LogP contribution in [0, 0.1) is 18.3 Å². The van der Waals surface area contributed by atoms with Gasteiger partial charge in [0.15, 0.2) is 0 Å². The molecule has 0 fully saturated rings. The van der Waals surface area contributed by atoms with E-state index in [-0.39, 0.29) is 6.61 Å². The lowest BCUT2D eigenvalue weighted by molar-refractivity contribution is 0.305. The zero-order valence-corrected chi connectivity index (χ0v) is 17.3. The van der Waals surface area contributed by atoms with Crippen molar-refractivity contribution in [2.45, 2.75) is 13.5 Å². The molecule has 0 saturated carbocycles. The van der Waals surface area contributed by atoms with Gasteiger partial charge in [0.05, 0.1) is 11.6 Å². The predicted molar refractivity (Wildman–Crippen MR) is 117 cm³/mol. The summed E-state index contributed by atoms with van der Waals surface area (Å²) in [5.41, 5.74) is 4.02. The number of hydrogen-bond acceptors (Lipinski definition) is 2. The molecular weight excluding hydrogens is 413 g/mol. The quantitative estimate of drug-likeness (QED) is 0.309. The van der Waals surface area contributed by atoms with E-state index in [9.17, 15) is 5.26 Å². The Labute approximate surface area is 179 Å². The van der Waals surface area contributed by atoms with Gasteiger partial charge in [-0.2, -0.15) is 5.26 Å². The first kappa shape index (κ1) is 20.3. The van der Waals surface area contributed by atoms with Crippen LogP contribution in [0.2, 0.25) is 15.1 Å². The minimum atomic E-state index is 0.269. The highest BCUT2D eigenvalue weighted by Gasteiger charge is 2.09. The average molecular weight is 429 g/mol. The lowest BCUT2D eigenvalue weighted by Gasteiger charge is -2.12. The van der Waals surface area contributed by atoms with Gasteiger partial charge in [-0.3, -0.25) is 0 Å². The molecule has 0 heterocycles. The van der Waals surface area contributed by atoms with Crippen molar-refractivity contribution in [2.24, 2.45) is 0 Å². The smallest absolute Gasteiger partial charge is 0.127 e. The Morgan fingerprint density at radius 2 is 1.64 bits per heavy atom. The van der Waals surface area contributed by atoms with Crippen LogP contribution in [-0.2, 0) is 6.61 Å². The van der Waals surface area contributed by atoms with Crippen molar-refractivity contribution in [3.8, 4) is 11.8 Å². The Hall–Kier alpha value is -2.44. The molecule has 5 heteroatoms. The summed E-state index contributed by atoms with van der Waals surface area (Å²) in [6, 6.07) is 20.6. The number of rotatable bonds is 5. The van der Waals surface area contributed by atoms with Crippen molar-refractivity contribution in [3.63, 3.8) is 0 Å². The summed E-state index contributed by atoms with van der Waals surface area (Å²) in [6.45, 7) is 2.27. The summed E-state index contributed by atoms with van der Waals surface area (Å²) in [5, 5.41) is 11.3. The van der Waals surface area contributed by atoms with E-state index in [1.54, 1.807) is 36.4 Å². The lowest BCUT2D eigenvalue weighted by Crippen LogP contribution is -1.98. The normalized spacial score (nSPS) is 11.2. The first-order chi connectivity index (χ1) is 13.5. The zero-order valence-electron chi connectivity index (χ0n) is 15.0. The minimum absolute atomic E-state index is 0.269. The second-order valence-electron chi connectivity index (χ2n) is 6.24. The number of ether oxygens (including phenoxy) is 1. The molecule has 0 radical (unpaired) electrons. The number of hydrogen-bond donors (Lipinski definition) is 0. The van der Waals surface area contributed by atoms with E-state index in [1.807, 2.05) is 37.3 Å². The van der Waals surface area contributed by atoms with Crippen molar-refractivity contribution in [1.82, 2.24) is 0 Å². The molecule has 0 aliphatic heterocycles. The van der Waals surface area contributed by atoms with Crippen LogP contribution in [0.25, 0.3) is 11.6 Å². The average Bonchev–Trinajstić information content (AvgIpc) is 2.67. The first-order valence-corrected chi connectivity index (χ1v) is 9.65. The Bertz CT molecular complexity index is 1070. The number of allylic oxidation sites excluding steroid dienone is 1. The highest BCUT2D eigenvalue weighted by molar-refractivity contribution is 6.35. The monoisotopic (exact) mass is 427 g/mol. The second kappa shape index (κ2) is 9.17. The molecule has 3 aromatic carbocycles. The summed E-state index contributed by atoms with van der Waals surface area (Å²) in [6.07, 6.45) is 1.77. The van der Waals surface area contributed by atoms with E-state index in [0.717, 1.165) is 22.3 Å². The third-order valence-corrected chi connectivity index (χ3v) is 4.98. The molecule has 140 valence electrons. The van der Waals surface area contributed by atoms with Crippen LogP contribution in [0.4, 0.5) is 0 Å². The molecule has 0 amide bonds. The fraction of sp³-hybridized carbons (Fsp3) is 0.0870. The van der Waals surface area contributed by atoms with Gasteiger partial charge in [0, 0.05) is 26.2 Å². The van der Waals surface area contributed by atoms with Gasteiger partial charge >= 0.3 is 0 Å². The SMILES string of the molecule is Cc1ccc(/C(C#N)=C/c2cc(Cl)ccc2OCc2ccc(Cl)cc2Cl)cc1. The van der Waals surface area contributed by atoms with Gasteiger partial charge in [-0.15, -0.1) is 0 Å². The summed E-state index contributed by atoms with van der Waals surface area (Å²) in [5.74, 6) is 0.607. The topological polar surface area (TPSA) is 33.0 Å². The second-order valence-corrected chi connectivity index (χ2v) is 7.52. The Morgan fingerprint density at radius 1 is 0.964 bits per heavy atom. The number of aryl methyl sites for hydroxylation is 1. The molecule has 0 unspecified atom stereocenters. The van der Waals surface area contributed by atoms with Gasteiger partial charge in [0.2, 0.25) is 0 Å². The van der Waals surface area contributed by atoms with E-state index in [0.29, 0.717) is 26.4 Å². The van der Waals surface area contributed by atoms with E-state index < -0.39 is 0 Å². The number of benzene rings is 3. The van der Waals surface area contributed by atoms with E-state index in [1.165, 1.54) is 0 Å². The van der Waals surface area contributed by atoms with Crippen molar-refractivity contribution < 1.29 is 4.74 Å². The van der Waals surface area contributed by atoms with Gasteiger partial charge in [0.1, 0.15) is 12.4 Å². The molecule has 0 aliphatic carbocycles. The third-order valence-electron chi connectivity index (χ3n) is 4.15. The summed E-state index contributed by atoms with van der Waals surface area (Å²) in [7, 11) is 0. The highest BCUT2D eigenvalue weighted by atomic mass is 35.5. The number of nitrogens with zero attached hydrogens (tertiary/aromatic N) is 1. The van der Waals surface area contributed by atoms with E-state index >= 15 is 0 Å². The van der Waals surface area contributed by atoms with Crippen LogP contribution in [-0.4, -0.2) is 0 Å². The number of halogens is 3. The molecule has 3 rings (SSSR count). The molecule has 0 spiro atoms. The van der Waals surface area contributed by atoms with Gasteiger partial charge in [0.25, 0.3) is 0 Å². The fourth-order valence-corrected chi connectivity index (χ4v) is 3.27. The fourth-order valence-electron chi connectivity index (χ4n) is 2.63. The van der Waals surface area contributed by atoms with Gasteiger partial charge < -0.3 is 4.74 Å². The Morgan fingerprint density at radius 3 is 2.32 bits per heavy atom. The molecule has 0 atom stereocenters. The maximum atomic E-state index is 9.62. The van der Waals surface area contributed by atoms with Crippen LogP contribution in [0.3, 0.4) is 0 Å². The van der Waals surface area contributed by atoms with E-state index in [4.69, 9.17) is 39.5 Å². The van der Waals surface area contributed by atoms with Crippen molar-refractivity contribution in [3.05, 3.63) is 98.0 Å². The zero-order chi connectivity index (χ0) is 20.1. The molecule has 0 saturated heterocycles. The van der Waals surface area contributed by atoms with Crippen molar-refractivity contribution >= 4 is 46.5 Å². The lowest BCUT2D eigenvalue weighted by atomic mass is 10.0. The van der Waals surface area contributed by atoms with Crippen molar-refractivity contribution in [2.75, 3.05) is 0 Å². The number of nitriles is 1. The predicted octanol–water partition coefficient (Wildman–Crippen LogP) is 7.60. The van der Waals surface area contributed by atoms with Crippen LogP contribution >= 0.6 is 34.8 Å². The molecule has 0 aromatic heterocycles. The standard InChI is InChI=1S/C23H16Cl3NO/c1-15-2-4-16(5-3-15)19(13-27)10-18-11-20(24)8-9-23(18)28-14-17-6-7-21(25)12-22(17)26/h2-12H,14H2,1H3/b19-10+. The maximum Gasteiger partial charge on any atom is 0.127 e. The molecule has 0 bridgehead atoms. The Kier molecular flexibility index (Phi) is 6.65. The van der Waals surface area contributed by atoms with Gasteiger partial charge in [-0.05, 0) is 48.9 Å². The molecule has 0 N–H and O–H groups in total. The molecule has 0 aliphatic rings. The molecule has 28 heavy (non-hydrogen) atoms. The van der Waals surface area contributed by atoms with Gasteiger partial charge in [-0.1, -0.05) is 70.7 Å². The van der Waals surface area contributed by atoms with E-state index in [2.05, 4.69) is 6.07 Å². The molecule has 2 nitrogen and oxygen atoms in total. The minimum Gasteiger partial charge on any atom is -0.488 e. The van der Waals surface area contributed by atoms with Gasteiger partial charge in [-0.25, -0.2) is 0 Å². The van der Waals surface area contributed by atoms with Crippen LogP contribution in [0.1, 0.15) is 22.3 Å². The molecule has 3 aromatic rings. The first-order valence-electron chi connectivity index (χ1n) is 8.51. The maximum absolute atomic E-state index is 9.62. The van der Waals surface area contributed by atoms with Crippen molar-refractivity contribution in [1.29, 1.82) is 5.26 Å². The van der Waals surface area contributed by atoms with Crippen LogP contribution in [0.5, 0.6) is 5.75 Å². The summed E-state index contributed by atoms with van der Waals surface area (Å²) >= 11 is 18.3. The highest BCUT2D eigenvalue weighted by Crippen LogP contribution is 2.29. The van der Waals surface area contributed by atoms with Crippen LogP contribution < -0.4 is 4.74 Å². The summed E-state index contributed by atoms with van der Waals surface area (Å²) in [4.78, 5) is 0.